The van der Waals surface area contributed by atoms with Crippen molar-refractivity contribution in [2.45, 2.75) is 31.1 Å². The van der Waals surface area contributed by atoms with Gasteiger partial charge in [-0.3, -0.25) is 4.79 Å². The molecule has 1 N–H and O–H groups in total. The van der Waals surface area contributed by atoms with Crippen molar-refractivity contribution in [3.63, 3.8) is 0 Å². The van der Waals surface area contributed by atoms with Crippen LogP contribution in [0.2, 0.25) is 0 Å². The minimum absolute atomic E-state index is 0.129. The molecule has 6 nitrogen and oxygen atoms in total. The first-order valence-corrected chi connectivity index (χ1v) is 14.2. The van der Waals surface area contributed by atoms with Crippen LogP contribution in [-0.4, -0.2) is 23.5 Å². The Morgan fingerprint density at radius 2 is 1.71 bits per heavy atom. The molecule has 2 aromatic heterocycles. The summed E-state index contributed by atoms with van der Waals surface area (Å²) in [4.78, 5) is 12.6. The average Bonchev–Trinajstić information content (AvgIpc) is 3.51. The number of para-hydroxylation sites is 1. The number of thiophene rings is 1. The number of hydrogen-bond acceptors (Lipinski definition) is 5. The Bertz CT molecular complexity index is 1850. The molecule has 2 heterocycles. The van der Waals surface area contributed by atoms with E-state index in [0.717, 1.165) is 5.56 Å². The molecule has 0 aliphatic carbocycles. The Morgan fingerprint density at radius 1 is 1.00 bits per heavy atom. The van der Waals surface area contributed by atoms with Crippen LogP contribution in [-0.2, 0) is 20.2 Å². The van der Waals surface area contributed by atoms with E-state index in [-0.39, 0.29) is 4.90 Å². The van der Waals surface area contributed by atoms with Gasteiger partial charge in [0, 0.05) is 22.1 Å². The molecule has 0 spiro atoms. The van der Waals surface area contributed by atoms with Crippen LogP contribution in [0.25, 0.3) is 33.3 Å². The summed E-state index contributed by atoms with van der Waals surface area (Å²) < 4.78 is 29.9. The number of nitrogens with zero attached hydrogens (tertiary/aromatic N) is 2. The van der Waals surface area contributed by atoms with Crippen LogP contribution in [0.15, 0.2) is 89.1 Å². The molecule has 0 saturated carbocycles. The van der Waals surface area contributed by atoms with Crippen LogP contribution < -0.4 is 0 Å². The molecule has 0 saturated heterocycles. The van der Waals surface area contributed by atoms with Crippen LogP contribution >= 0.6 is 11.3 Å². The van der Waals surface area contributed by atoms with Gasteiger partial charge in [-0.25, -0.2) is 12.4 Å². The van der Waals surface area contributed by atoms with E-state index in [1.807, 2.05) is 30.5 Å². The number of carboxylic acid groups (broad SMARTS) is 1. The molecule has 0 aliphatic heterocycles. The Labute approximate surface area is 225 Å². The molecule has 190 valence electrons. The van der Waals surface area contributed by atoms with Gasteiger partial charge in [-0.05, 0) is 62.0 Å². The van der Waals surface area contributed by atoms with Gasteiger partial charge in [0.2, 0.25) is 0 Å². The summed E-state index contributed by atoms with van der Waals surface area (Å²) >= 11 is 1.29. The van der Waals surface area contributed by atoms with Crippen molar-refractivity contribution in [1.29, 1.82) is 5.26 Å². The SMILES string of the molecule is Cc1ccc(S(=O)(=O)n2c(-c3cccc(C(C)(C)C(=O)O)c3)c(-c3ccsc3C#N)c3ccccc32)cc1. The van der Waals surface area contributed by atoms with Crippen molar-refractivity contribution in [2.24, 2.45) is 0 Å². The number of aliphatic carboxylic acids is 1. The molecule has 3 aromatic carbocycles. The molecular weight excluding hydrogens is 516 g/mol. The number of aromatic nitrogens is 1. The number of hydrogen-bond donors (Lipinski definition) is 1. The highest BCUT2D eigenvalue weighted by Crippen LogP contribution is 2.45. The number of nitriles is 1. The normalized spacial score (nSPS) is 11.9. The first-order chi connectivity index (χ1) is 18.1. The molecule has 8 heteroatoms. The van der Waals surface area contributed by atoms with Crippen molar-refractivity contribution < 1.29 is 18.3 Å². The third-order valence-electron chi connectivity index (χ3n) is 6.82. The van der Waals surface area contributed by atoms with E-state index in [9.17, 15) is 23.6 Å². The second-order valence-corrected chi connectivity index (χ2v) is 12.3. The zero-order chi connectivity index (χ0) is 27.2. The monoisotopic (exact) mass is 540 g/mol. The van der Waals surface area contributed by atoms with E-state index in [1.54, 1.807) is 74.5 Å². The van der Waals surface area contributed by atoms with Gasteiger partial charge in [-0.1, -0.05) is 54.1 Å². The van der Waals surface area contributed by atoms with Gasteiger partial charge in [-0.15, -0.1) is 11.3 Å². The molecular formula is C30H24N2O4S2. The summed E-state index contributed by atoms with van der Waals surface area (Å²) in [5, 5.41) is 22.2. The summed E-state index contributed by atoms with van der Waals surface area (Å²) in [6.45, 7) is 5.11. The minimum Gasteiger partial charge on any atom is -0.481 e. The van der Waals surface area contributed by atoms with Crippen LogP contribution in [0.4, 0.5) is 0 Å². The van der Waals surface area contributed by atoms with Gasteiger partial charge in [0.15, 0.2) is 0 Å². The topological polar surface area (TPSA) is 100 Å². The molecule has 0 atom stereocenters. The number of carboxylic acids is 1. The van der Waals surface area contributed by atoms with Gasteiger partial charge in [-0.2, -0.15) is 5.26 Å². The Hall–Kier alpha value is -4.19. The van der Waals surface area contributed by atoms with Gasteiger partial charge in [0.1, 0.15) is 10.9 Å². The number of carbonyl (C=O) groups is 1. The first kappa shape index (κ1) is 25.5. The fraction of sp³-hybridized carbons (Fsp3) is 0.133. The lowest BCUT2D eigenvalue weighted by Crippen LogP contribution is -2.28. The lowest BCUT2D eigenvalue weighted by Gasteiger charge is -2.21. The molecule has 0 amide bonds. The molecule has 0 bridgehead atoms. The molecule has 5 rings (SSSR count). The van der Waals surface area contributed by atoms with Crippen LogP contribution in [0, 0.1) is 18.3 Å². The average molecular weight is 541 g/mol. The summed E-state index contributed by atoms with van der Waals surface area (Å²) in [7, 11) is -4.09. The summed E-state index contributed by atoms with van der Waals surface area (Å²) in [5.41, 5.74) is 2.88. The zero-order valence-corrected chi connectivity index (χ0v) is 22.6. The number of aryl methyl sites for hydroxylation is 1. The van der Waals surface area contributed by atoms with Crippen molar-refractivity contribution >= 4 is 38.2 Å². The lowest BCUT2D eigenvalue weighted by molar-refractivity contribution is -0.142. The van der Waals surface area contributed by atoms with Gasteiger partial charge in [0.25, 0.3) is 10.0 Å². The smallest absolute Gasteiger partial charge is 0.313 e. The fourth-order valence-corrected chi connectivity index (χ4v) is 6.82. The molecule has 0 unspecified atom stereocenters. The van der Waals surface area contributed by atoms with Crippen LogP contribution in [0.3, 0.4) is 0 Å². The Balaban J connectivity index is 1.95. The molecule has 0 radical (unpaired) electrons. The first-order valence-electron chi connectivity index (χ1n) is 11.9. The standard InChI is InChI=1S/C30H24N2O4S2/c1-19-11-13-22(14-12-19)38(35,36)32-25-10-5-4-9-23(25)27(24-15-16-37-26(24)18-31)28(32)20-7-6-8-21(17-20)30(2,3)29(33)34/h4-17H,1-3H3,(H,33,34). The summed E-state index contributed by atoms with van der Waals surface area (Å²) in [6.07, 6.45) is 0. The van der Waals surface area contributed by atoms with E-state index >= 15 is 0 Å². The Kier molecular flexibility index (Phi) is 6.22. The fourth-order valence-electron chi connectivity index (χ4n) is 4.58. The minimum atomic E-state index is -4.09. The van der Waals surface area contributed by atoms with E-state index in [1.165, 1.54) is 15.3 Å². The van der Waals surface area contributed by atoms with E-state index in [2.05, 4.69) is 6.07 Å². The Morgan fingerprint density at radius 3 is 2.39 bits per heavy atom. The number of benzene rings is 3. The highest BCUT2D eigenvalue weighted by molar-refractivity contribution is 7.90. The number of fused-ring (bicyclic) bond motifs is 1. The van der Waals surface area contributed by atoms with Crippen molar-refractivity contribution in [3.05, 3.63) is 100 Å². The predicted octanol–water partition coefficient (Wildman–Crippen LogP) is 6.82. The highest BCUT2D eigenvalue weighted by atomic mass is 32.2. The lowest BCUT2D eigenvalue weighted by atomic mass is 9.83. The molecule has 0 aliphatic rings. The highest BCUT2D eigenvalue weighted by Gasteiger charge is 2.32. The van der Waals surface area contributed by atoms with Gasteiger partial charge >= 0.3 is 5.97 Å². The maximum Gasteiger partial charge on any atom is 0.313 e. The van der Waals surface area contributed by atoms with Crippen molar-refractivity contribution in [3.8, 4) is 28.5 Å². The van der Waals surface area contributed by atoms with E-state index in [0.29, 0.717) is 43.7 Å². The summed E-state index contributed by atoms with van der Waals surface area (Å²) in [5.74, 6) is -0.993. The van der Waals surface area contributed by atoms with Gasteiger partial charge < -0.3 is 5.11 Å². The van der Waals surface area contributed by atoms with Gasteiger partial charge in [0.05, 0.1) is 21.5 Å². The third kappa shape index (κ3) is 4.01. The van der Waals surface area contributed by atoms with Crippen molar-refractivity contribution in [1.82, 2.24) is 3.97 Å². The van der Waals surface area contributed by atoms with Crippen LogP contribution in [0.5, 0.6) is 0 Å². The second-order valence-electron chi connectivity index (χ2n) is 9.61. The quantitative estimate of drug-likeness (QED) is 0.255. The maximum atomic E-state index is 14.3. The largest absolute Gasteiger partial charge is 0.481 e. The summed E-state index contributed by atoms with van der Waals surface area (Å²) in [6, 6.07) is 24.9. The van der Waals surface area contributed by atoms with E-state index < -0.39 is 21.4 Å². The molecule has 5 aromatic rings. The second kappa shape index (κ2) is 9.28. The zero-order valence-electron chi connectivity index (χ0n) is 21.0. The van der Waals surface area contributed by atoms with Crippen LogP contribution in [0.1, 0.15) is 29.9 Å². The molecule has 38 heavy (non-hydrogen) atoms. The third-order valence-corrected chi connectivity index (χ3v) is 9.37. The predicted molar refractivity (Wildman–Crippen MR) is 150 cm³/mol. The van der Waals surface area contributed by atoms with E-state index in [4.69, 9.17) is 0 Å². The molecule has 0 fully saturated rings. The number of rotatable bonds is 6. The van der Waals surface area contributed by atoms with Crippen molar-refractivity contribution in [2.75, 3.05) is 0 Å². The maximum absolute atomic E-state index is 14.3.